The highest BCUT2D eigenvalue weighted by molar-refractivity contribution is 5.39. The molecule has 0 unspecified atom stereocenters. The number of halogens is 2. The highest BCUT2D eigenvalue weighted by Gasteiger charge is 2.06. The summed E-state index contributed by atoms with van der Waals surface area (Å²) in [4.78, 5) is 4.32. The van der Waals surface area contributed by atoms with Crippen LogP contribution in [0.4, 0.5) is 8.78 Å². The second-order valence-corrected chi connectivity index (χ2v) is 4.06. The minimum absolute atomic E-state index is 0.0125. The lowest BCUT2D eigenvalue weighted by Gasteiger charge is -2.04. The molecule has 5 heteroatoms. The third-order valence-electron chi connectivity index (χ3n) is 2.68. The van der Waals surface area contributed by atoms with Crippen molar-refractivity contribution in [1.29, 1.82) is 0 Å². The molecule has 3 rings (SSSR count). The van der Waals surface area contributed by atoms with E-state index in [1.165, 1.54) is 6.07 Å². The lowest BCUT2D eigenvalue weighted by molar-refractivity contribution is 0.285. The number of aromatic nitrogens is 2. The summed E-state index contributed by atoms with van der Waals surface area (Å²) in [6.07, 6.45) is 3.67. The fourth-order valence-corrected chi connectivity index (χ4v) is 1.80. The van der Waals surface area contributed by atoms with Crippen LogP contribution < -0.4 is 4.74 Å². The number of rotatable bonds is 3. The molecule has 0 aliphatic rings. The Hall–Kier alpha value is -2.43. The summed E-state index contributed by atoms with van der Waals surface area (Å²) in [5, 5.41) is 0. The van der Waals surface area contributed by atoms with Gasteiger partial charge in [-0.05, 0) is 24.3 Å². The molecule has 0 radical (unpaired) electrons. The van der Waals surface area contributed by atoms with Crippen molar-refractivity contribution in [2.24, 2.45) is 0 Å². The normalized spacial score (nSPS) is 10.8. The van der Waals surface area contributed by atoms with E-state index in [0.29, 0.717) is 5.69 Å². The highest BCUT2D eigenvalue weighted by atomic mass is 19.1. The molecule has 19 heavy (non-hydrogen) atoms. The fraction of sp³-hybridized carbons (Fsp3) is 0.0714. The molecule has 0 N–H and O–H groups in total. The van der Waals surface area contributed by atoms with Crippen molar-refractivity contribution in [1.82, 2.24) is 9.38 Å². The van der Waals surface area contributed by atoms with Gasteiger partial charge in [-0.25, -0.2) is 13.8 Å². The molecule has 2 aromatic heterocycles. The van der Waals surface area contributed by atoms with Gasteiger partial charge < -0.3 is 9.14 Å². The van der Waals surface area contributed by atoms with Gasteiger partial charge in [0, 0.05) is 18.5 Å². The highest BCUT2D eigenvalue weighted by Crippen LogP contribution is 2.19. The van der Waals surface area contributed by atoms with Gasteiger partial charge in [0.15, 0.2) is 11.6 Å². The molecule has 0 spiro atoms. The molecular formula is C14H10F2N2O. The summed E-state index contributed by atoms with van der Waals surface area (Å²) >= 11 is 0. The van der Waals surface area contributed by atoms with Crippen molar-refractivity contribution in [3.05, 3.63) is 66.1 Å². The van der Waals surface area contributed by atoms with Crippen molar-refractivity contribution in [2.45, 2.75) is 6.61 Å². The summed E-state index contributed by atoms with van der Waals surface area (Å²) in [7, 11) is 0. The van der Waals surface area contributed by atoms with Crippen LogP contribution in [0.3, 0.4) is 0 Å². The molecule has 0 saturated carbocycles. The molecule has 0 atom stereocenters. The van der Waals surface area contributed by atoms with Crippen LogP contribution in [0.15, 0.2) is 48.8 Å². The number of hydrogen-bond acceptors (Lipinski definition) is 2. The molecule has 0 fully saturated rings. The van der Waals surface area contributed by atoms with E-state index in [1.54, 1.807) is 6.20 Å². The van der Waals surface area contributed by atoms with Crippen molar-refractivity contribution in [2.75, 3.05) is 0 Å². The first kappa shape index (κ1) is 11.6. The molecule has 0 saturated heterocycles. The van der Waals surface area contributed by atoms with Crippen LogP contribution in [0.2, 0.25) is 0 Å². The van der Waals surface area contributed by atoms with Crippen LogP contribution in [0.5, 0.6) is 5.75 Å². The lowest BCUT2D eigenvalue weighted by atomic mass is 10.3. The van der Waals surface area contributed by atoms with E-state index < -0.39 is 11.6 Å². The summed E-state index contributed by atoms with van der Waals surface area (Å²) < 4.78 is 33.2. The Balaban J connectivity index is 1.78. The molecule has 0 bridgehead atoms. The van der Waals surface area contributed by atoms with E-state index in [2.05, 4.69) is 4.98 Å². The molecule has 0 amide bonds. The second kappa shape index (κ2) is 4.68. The second-order valence-electron chi connectivity index (χ2n) is 4.06. The summed E-state index contributed by atoms with van der Waals surface area (Å²) in [5.41, 5.74) is 1.47. The largest absolute Gasteiger partial charge is 0.484 e. The van der Waals surface area contributed by atoms with Gasteiger partial charge in [-0.1, -0.05) is 6.07 Å². The zero-order valence-corrected chi connectivity index (χ0v) is 9.88. The van der Waals surface area contributed by atoms with Crippen molar-refractivity contribution in [3.8, 4) is 5.75 Å². The molecular weight excluding hydrogens is 250 g/mol. The standard InChI is InChI=1S/C14H10F2N2O/c15-10-4-5-13(12(16)7-10)19-9-11-8-18-6-2-1-3-14(18)17-11/h1-8H,9H2. The van der Waals surface area contributed by atoms with Crippen LogP contribution in [-0.4, -0.2) is 9.38 Å². The monoisotopic (exact) mass is 260 g/mol. The lowest BCUT2D eigenvalue weighted by Crippen LogP contribution is -1.98. The smallest absolute Gasteiger partial charge is 0.167 e. The zero-order valence-electron chi connectivity index (χ0n) is 9.88. The molecule has 3 nitrogen and oxygen atoms in total. The third kappa shape index (κ3) is 2.40. The van der Waals surface area contributed by atoms with Crippen LogP contribution in [-0.2, 0) is 6.61 Å². The van der Waals surface area contributed by atoms with Crippen molar-refractivity contribution in [3.63, 3.8) is 0 Å². The minimum Gasteiger partial charge on any atom is -0.484 e. The van der Waals surface area contributed by atoms with Gasteiger partial charge >= 0.3 is 0 Å². The number of benzene rings is 1. The number of nitrogens with zero attached hydrogens (tertiary/aromatic N) is 2. The van der Waals surface area contributed by atoms with E-state index >= 15 is 0 Å². The molecule has 0 aliphatic carbocycles. The van der Waals surface area contributed by atoms with Gasteiger partial charge in [-0.15, -0.1) is 0 Å². The summed E-state index contributed by atoms with van der Waals surface area (Å²) in [6, 6.07) is 8.84. The predicted octanol–water partition coefficient (Wildman–Crippen LogP) is 3.19. The Morgan fingerprint density at radius 1 is 1.16 bits per heavy atom. The molecule has 96 valence electrons. The number of fused-ring (bicyclic) bond motifs is 1. The number of pyridine rings is 1. The molecule has 2 heterocycles. The summed E-state index contributed by atoms with van der Waals surface area (Å²) in [6.45, 7) is 0.129. The van der Waals surface area contributed by atoms with Crippen LogP contribution in [0.1, 0.15) is 5.69 Å². The van der Waals surface area contributed by atoms with E-state index in [-0.39, 0.29) is 12.4 Å². The van der Waals surface area contributed by atoms with Gasteiger partial charge in [-0.2, -0.15) is 0 Å². The van der Waals surface area contributed by atoms with Gasteiger partial charge in [0.2, 0.25) is 0 Å². The van der Waals surface area contributed by atoms with Gasteiger partial charge in [0.1, 0.15) is 18.1 Å². The Morgan fingerprint density at radius 3 is 2.84 bits per heavy atom. The van der Waals surface area contributed by atoms with E-state index in [0.717, 1.165) is 17.8 Å². The predicted molar refractivity (Wildman–Crippen MR) is 65.9 cm³/mol. The first-order chi connectivity index (χ1) is 9.22. The molecule has 1 aromatic carbocycles. The van der Waals surface area contributed by atoms with Gasteiger partial charge in [0.05, 0.1) is 5.69 Å². The summed E-state index contributed by atoms with van der Waals surface area (Å²) in [5.74, 6) is -1.33. The zero-order chi connectivity index (χ0) is 13.2. The maximum atomic E-state index is 13.4. The maximum absolute atomic E-state index is 13.4. The first-order valence-corrected chi connectivity index (χ1v) is 5.73. The van der Waals surface area contributed by atoms with Crippen molar-refractivity contribution >= 4 is 5.65 Å². The van der Waals surface area contributed by atoms with Crippen LogP contribution in [0, 0.1) is 11.6 Å². The Bertz CT molecular complexity index is 691. The van der Waals surface area contributed by atoms with Crippen molar-refractivity contribution < 1.29 is 13.5 Å². The Kier molecular flexibility index (Phi) is 2.87. The SMILES string of the molecule is Fc1ccc(OCc2cn3ccccc3n2)c(F)c1. The number of hydrogen-bond donors (Lipinski definition) is 0. The number of ether oxygens (including phenoxy) is 1. The number of imidazole rings is 1. The van der Waals surface area contributed by atoms with Gasteiger partial charge in [0.25, 0.3) is 0 Å². The molecule has 0 aliphatic heterocycles. The van der Waals surface area contributed by atoms with Crippen LogP contribution >= 0.6 is 0 Å². The van der Waals surface area contributed by atoms with Crippen LogP contribution in [0.25, 0.3) is 5.65 Å². The average Bonchev–Trinajstić information content (AvgIpc) is 2.80. The van der Waals surface area contributed by atoms with E-state index in [4.69, 9.17) is 4.74 Å². The molecule has 3 aromatic rings. The van der Waals surface area contributed by atoms with Gasteiger partial charge in [-0.3, -0.25) is 0 Å². The first-order valence-electron chi connectivity index (χ1n) is 5.73. The third-order valence-corrected chi connectivity index (χ3v) is 2.68. The van der Waals surface area contributed by atoms with E-state index in [1.807, 2.05) is 28.8 Å². The Morgan fingerprint density at radius 2 is 2.05 bits per heavy atom. The topological polar surface area (TPSA) is 26.5 Å². The maximum Gasteiger partial charge on any atom is 0.167 e. The fourth-order valence-electron chi connectivity index (χ4n) is 1.80. The average molecular weight is 260 g/mol. The van der Waals surface area contributed by atoms with E-state index in [9.17, 15) is 8.78 Å². The minimum atomic E-state index is -0.719. The quantitative estimate of drug-likeness (QED) is 0.723. The Labute approximate surface area is 108 Å².